The SMILES string of the molecule is CCCC1NC(CC)C(=O)N1CC1CSCCS1. The van der Waals surface area contributed by atoms with Gasteiger partial charge in [-0.1, -0.05) is 20.3 Å². The Kier molecular flexibility index (Phi) is 5.70. The van der Waals surface area contributed by atoms with E-state index in [2.05, 4.69) is 24.1 Å². The number of hydrogen-bond acceptors (Lipinski definition) is 4. The van der Waals surface area contributed by atoms with Crippen molar-refractivity contribution in [2.45, 2.75) is 50.6 Å². The Morgan fingerprint density at radius 2 is 2.22 bits per heavy atom. The van der Waals surface area contributed by atoms with Crippen LogP contribution >= 0.6 is 23.5 Å². The summed E-state index contributed by atoms with van der Waals surface area (Å²) in [4.78, 5) is 14.5. The quantitative estimate of drug-likeness (QED) is 0.840. The monoisotopic (exact) mass is 288 g/mol. The molecule has 0 aromatic carbocycles. The largest absolute Gasteiger partial charge is 0.325 e. The van der Waals surface area contributed by atoms with Gasteiger partial charge in [-0.25, -0.2) is 0 Å². The molecule has 0 spiro atoms. The van der Waals surface area contributed by atoms with Gasteiger partial charge in [0.1, 0.15) is 0 Å². The number of rotatable bonds is 5. The van der Waals surface area contributed by atoms with E-state index in [9.17, 15) is 4.79 Å². The molecule has 18 heavy (non-hydrogen) atoms. The van der Waals surface area contributed by atoms with Crippen molar-refractivity contribution in [2.75, 3.05) is 23.8 Å². The third-order valence-corrected chi connectivity index (χ3v) is 6.43. The number of nitrogens with one attached hydrogen (secondary N) is 1. The predicted octanol–water partition coefficient (Wildman–Crippen LogP) is 2.17. The van der Waals surface area contributed by atoms with Crippen LogP contribution in [0.2, 0.25) is 0 Å². The highest BCUT2D eigenvalue weighted by Gasteiger charge is 2.38. The van der Waals surface area contributed by atoms with E-state index in [1.165, 1.54) is 17.3 Å². The van der Waals surface area contributed by atoms with Crippen molar-refractivity contribution < 1.29 is 4.79 Å². The van der Waals surface area contributed by atoms with Crippen molar-refractivity contribution in [3.63, 3.8) is 0 Å². The molecule has 2 aliphatic heterocycles. The van der Waals surface area contributed by atoms with Crippen LogP contribution in [0, 0.1) is 0 Å². The van der Waals surface area contributed by atoms with Crippen molar-refractivity contribution in [3.05, 3.63) is 0 Å². The zero-order valence-corrected chi connectivity index (χ0v) is 13.0. The van der Waals surface area contributed by atoms with Crippen LogP contribution in [0.25, 0.3) is 0 Å². The van der Waals surface area contributed by atoms with Gasteiger partial charge in [0.15, 0.2) is 0 Å². The first-order chi connectivity index (χ1) is 8.76. The minimum absolute atomic E-state index is 0.0581. The van der Waals surface area contributed by atoms with Gasteiger partial charge >= 0.3 is 0 Å². The van der Waals surface area contributed by atoms with E-state index in [0.717, 1.165) is 25.8 Å². The van der Waals surface area contributed by atoms with Gasteiger partial charge in [-0.05, 0) is 12.8 Å². The molecule has 3 atom stereocenters. The maximum atomic E-state index is 12.3. The molecule has 0 bridgehead atoms. The van der Waals surface area contributed by atoms with E-state index >= 15 is 0 Å². The van der Waals surface area contributed by atoms with Gasteiger partial charge in [-0.3, -0.25) is 10.1 Å². The zero-order valence-electron chi connectivity index (χ0n) is 11.4. The molecule has 3 unspecified atom stereocenters. The van der Waals surface area contributed by atoms with Gasteiger partial charge < -0.3 is 4.90 Å². The number of carbonyl (C=O) groups is 1. The second kappa shape index (κ2) is 7.06. The lowest BCUT2D eigenvalue weighted by Crippen LogP contribution is -2.42. The van der Waals surface area contributed by atoms with Crippen molar-refractivity contribution >= 4 is 29.4 Å². The third-order valence-electron chi connectivity index (χ3n) is 3.61. The highest BCUT2D eigenvalue weighted by atomic mass is 32.2. The summed E-state index contributed by atoms with van der Waals surface area (Å²) in [6.07, 6.45) is 3.39. The van der Waals surface area contributed by atoms with Crippen LogP contribution < -0.4 is 5.32 Å². The van der Waals surface area contributed by atoms with Crippen LogP contribution in [-0.4, -0.2) is 52.1 Å². The second-order valence-electron chi connectivity index (χ2n) is 4.99. The molecule has 0 aromatic heterocycles. The summed E-state index contributed by atoms with van der Waals surface area (Å²) in [5, 5.41) is 4.12. The normalized spacial score (nSPS) is 33.1. The third kappa shape index (κ3) is 3.36. The Morgan fingerprint density at radius 3 is 2.83 bits per heavy atom. The molecule has 2 fully saturated rings. The Bertz CT molecular complexity index is 282. The number of thioether (sulfide) groups is 2. The summed E-state index contributed by atoms with van der Waals surface area (Å²) < 4.78 is 0. The molecule has 2 heterocycles. The van der Waals surface area contributed by atoms with Crippen LogP contribution in [0.5, 0.6) is 0 Å². The number of amides is 1. The lowest BCUT2D eigenvalue weighted by Gasteiger charge is -2.30. The van der Waals surface area contributed by atoms with Crippen LogP contribution in [0.15, 0.2) is 0 Å². The van der Waals surface area contributed by atoms with E-state index in [1.54, 1.807) is 0 Å². The summed E-state index contributed by atoms with van der Waals surface area (Å²) >= 11 is 4.07. The Balaban J connectivity index is 1.95. The molecule has 5 heteroatoms. The molecule has 3 nitrogen and oxygen atoms in total. The fraction of sp³-hybridized carbons (Fsp3) is 0.923. The summed E-state index contributed by atoms with van der Waals surface area (Å²) in [6.45, 7) is 5.22. The Labute approximate surface area is 119 Å². The van der Waals surface area contributed by atoms with E-state index in [1.807, 2.05) is 23.5 Å². The first-order valence-electron chi connectivity index (χ1n) is 7.02. The summed E-state index contributed by atoms with van der Waals surface area (Å²) in [7, 11) is 0. The second-order valence-corrected chi connectivity index (χ2v) is 7.55. The predicted molar refractivity (Wildman–Crippen MR) is 81.2 cm³/mol. The highest BCUT2D eigenvalue weighted by Crippen LogP contribution is 2.27. The van der Waals surface area contributed by atoms with Gasteiger partial charge in [0, 0.05) is 29.1 Å². The molecule has 2 saturated heterocycles. The van der Waals surface area contributed by atoms with E-state index in [-0.39, 0.29) is 12.2 Å². The molecule has 2 rings (SSSR count). The van der Waals surface area contributed by atoms with Gasteiger partial charge in [0.05, 0.1) is 12.2 Å². The fourth-order valence-electron chi connectivity index (χ4n) is 2.63. The number of carbonyl (C=O) groups excluding carboxylic acids is 1. The molecule has 0 saturated carbocycles. The van der Waals surface area contributed by atoms with Crippen LogP contribution in [-0.2, 0) is 4.79 Å². The Hall–Kier alpha value is 0.130. The lowest BCUT2D eigenvalue weighted by atomic mass is 10.2. The van der Waals surface area contributed by atoms with Gasteiger partial charge in [0.2, 0.25) is 5.91 Å². The average Bonchev–Trinajstić information content (AvgIpc) is 2.69. The van der Waals surface area contributed by atoms with Crippen LogP contribution in [0.3, 0.4) is 0 Å². The summed E-state index contributed by atoms with van der Waals surface area (Å²) in [5.74, 6) is 4.03. The summed E-state index contributed by atoms with van der Waals surface area (Å²) in [6, 6.07) is 0.0581. The standard InChI is InChI=1S/C13H24N2OS2/c1-3-5-12-14-11(4-2)13(16)15(12)8-10-9-17-6-7-18-10/h10-12,14H,3-9H2,1-2H3. The van der Waals surface area contributed by atoms with Crippen molar-refractivity contribution in [1.82, 2.24) is 10.2 Å². The molecule has 1 N–H and O–H groups in total. The first-order valence-corrected chi connectivity index (χ1v) is 9.22. The van der Waals surface area contributed by atoms with Crippen molar-refractivity contribution in [1.29, 1.82) is 0 Å². The molecule has 0 aliphatic carbocycles. The zero-order chi connectivity index (χ0) is 13.0. The maximum Gasteiger partial charge on any atom is 0.241 e. The van der Waals surface area contributed by atoms with E-state index in [4.69, 9.17) is 0 Å². The number of nitrogens with zero attached hydrogens (tertiary/aromatic N) is 1. The molecule has 2 aliphatic rings. The first kappa shape index (κ1) is 14.5. The average molecular weight is 288 g/mol. The van der Waals surface area contributed by atoms with E-state index in [0.29, 0.717) is 11.2 Å². The highest BCUT2D eigenvalue weighted by molar-refractivity contribution is 8.06. The van der Waals surface area contributed by atoms with Crippen molar-refractivity contribution in [3.8, 4) is 0 Å². The lowest BCUT2D eigenvalue weighted by molar-refractivity contribution is -0.130. The topological polar surface area (TPSA) is 32.3 Å². The number of hydrogen-bond donors (Lipinski definition) is 1. The van der Waals surface area contributed by atoms with Crippen LogP contribution in [0.4, 0.5) is 0 Å². The molecular formula is C13H24N2OS2. The Morgan fingerprint density at radius 1 is 1.39 bits per heavy atom. The summed E-state index contributed by atoms with van der Waals surface area (Å²) in [5.41, 5.74) is 0. The molecular weight excluding hydrogens is 264 g/mol. The molecule has 104 valence electrons. The van der Waals surface area contributed by atoms with Crippen molar-refractivity contribution in [2.24, 2.45) is 0 Å². The van der Waals surface area contributed by atoms with Gasteiger partial charge in [0.25, 0.3) is 0 Å². The fourth-order valence-corrected chi connectivity index (χ4v) is 5.30. The maximum absolute atomic E-state index is 12.3. The van der Waals surface area contributed by atoms with Gasteiger partial charge in [-0.2, -0.15) is 23.5 Å². The minimum Gasteiger partial charge on any atom is -0.325 e. The van der Waals surface area contributed by atoms with E-state index < -0.39 is 0 Å². The smallest absolute Gasteiger partial charge is 0.241 e. The minimum atomic E-state index is 0.0581. The molecule has 0 aromatic rings. The van der Waals surface area contributed by atoms with Crippen LogP contribution in [0.1, 0.15) is 33.1 Å². The molecule has 1 amide bonds. The van der Waals surface area contributed by atoms with Gasteiger partial charge in [-0.15, -0.1) is 0 Å². The molecule has 0 radical (unpaired) electrons.